The van der Waals surface area contributed by atoms with E-state index in [1.807, 2.05) is 6.07 Å². The van der Waals surface area contributed by atoms with Crippen LogP contribution in [0.1, 0.15) is 51.8 Å². The van der Waals surface area contributed by atoms with E-state index in [4.69, 9.17) is 23.7 Å². The molecule has 5 rings (SSSR count). The van der Waals surface area contributed by atoms with Crippen molar-refractivity contribution >= 4 is 29.8 Å². The summed E-state index contributed by atoms with van der Waals surface area (Å²) in [7, 11) is 0. The minimum Gasteiger partial charge on any atom is -0.458 e. The number of carbonyl (C=O) groups is 5. The van der Waals surface area contributed by atoms with Gasteiger partial charge in [0.05, 0.1) is 27.8 Å². The fourth-order valence-electron chi connectivity index (χ4n) is 4.90. The van der Waals surface area contributed by atoms with Crippen LogP contribution in [0.4, 0.5) is 0 Å². The Labute approximate surface area is 298 Å². The van der Waals surface area contributed by atoms with E-state index in [9.17, 15) is 29.2 Å². The van der Waals surface area contributed by atoms with E-state index in [2.05, 4.69) is 0 Å². The van der Waals surface area contributed by atoms with Gasteiger partial charge in [0, 0.05) is 0 Å². The van der Waals surface area contributed by atoms with Crippen molar-refractivity contribution in [3.8, 4) is 6.07 Å². The van der Waals surface area contributed by atoms with E-state index in [1.165, 1.54) is 60.7 Å². The van der Waals surface area contributed by atoms with Gasteiger partial charge >= 0.3 is 29.8 Å². The zero-order valence-electron chi connectivity index (χ0n) is 27.5. The molecule has 52 heavy (non-hydrogen) atoms. The van der Waals surface area contributed by atoms with Gasteiger partial charge in [0.25, 0.3) is 0 Å². The molecule has 0 spiro atoms. The second-order valence-electron chi connectivity index (χ2n) is 11.1. The average molecular weight is 698 g/mol. The Morgan fingerprint density at radius 1 is 0.423 bits per heavy atom. The molecule has 0 bridgehead atoms. The van der Waals surface area contributed by atoms with Gasteiger partial charge in [-0.3, -0.25) is 0 Å². The monoisotopic (exact) mass is 697 g/mol. The summed E-state index contributed by atoms with van der Waals surface area (Å²) in [6.07, 6.45) is -7.52. The summed E-state index contributed by atoms with van der Waals surface area (Å²) in [5.74, 6) is -4.68. The second kappa shape index (κ2) is 18.1. The zero-order chi connectivity index (χ0) is 36.7. The molecule has 5 aromatic rings. The second-order valence-corrected chi connectivity index (χ2v) is 11.1. The molecule has 260 valence electrons. The summed E-state index contributed by atoms with van der Waals surface area (Å²) in [5, 5.41) is 10.4. The Bertz CT molecular complexity index is 2000. The van der Waals surface area contributed by atoms with Crippen molar-refractivity contribution in [1.82, 2.24) is 0 Å². The first-order valence-corrected chi connectivity index (χ1v) is 16.0. The van der Waals surface area contributed by atoms with Crippen LogP contribution in [0.25, 0.3) is 0 Å². The first-order valence-electron chi connectivity index (χ1n) is 16.0. The van der Waals surface area contributed by atoms with Crippen LogP contribution >= 0.6 is 0 Å². The van der Waals surface area contributed by atoms with Gasteiger partial charge in [0.15, 0.2) is 18.3 Å². The Morgan fingerprint density at radius 3 is 1.10 bits per heavy atom. The number of hydrogen-bond acceptors (Lipinski definition) is 11. The third-order valence-electron chi connectivity index (χ3n) is 7.52. The summed E-state index contributed by atoms with van der Waals surface area (Å²) < 4.78 is 28.7. The van der Waals surface area contributed by atoms with E-state index in [1.54, 1.807) is 91.0 Å². The molecule has 4 atom stereocenters. The van der Waals surface area contributed by atoms with Crippen LogP contribution in [0, 0.1) is 11.3 Å². The lowest BCUT2D eigenvalue weighted by atomic mass is 10.0. The van der Waals surface area contributed by atoms with Gasteiger partial charge in [-0.25, -0.2) is 24.0 Å². The molecule has 0 aromatic heterocycles. The van der Waals surface area contributed by atoms with E-state index in [0.717, 1.165) is 0 Å². The topological polar surface area (TPSA) is 155 Å². The summed E-state index contributed by atoms with van der Waals surface area (Å²) in [4.78, 5) is 67.2. The lowest BCUT2D eigenvalue weighted by Crippen LogP contribution is -2.53. The van der Waals surface area contributed by atoms with Gasteiger partial charge in [-0.05, 0) is 60.7 Å². The molecule has 0 fully saturated rings. The molecule has 0 aliphatic rings. The van der Waals surface area contributed by atoms with Gasteiger partial charge < -0.3 is 23.7 Å². The van der Waals surface area contributed by atoms with E-state index >= 15 is 0 Å². The molecule has 0 saturated heterocycles. The van der Waals surface area contributed by atoms with Gasteiger partial charge in [-0.15, -0.1) is 0 Å². The highest BCUT2D eigenvalue weighted by Crippen LogP contribution is 2.24. The lowest BCUT2D eigenvalue weighted by molar-refractivity contribution is -0.122. The molecule has 0 unspecified atom stereocenters. The van der Waals surface area contributed by atoms with Crippen molar-refractivity contribution in [2.45, 2.75) is 24.4 Å². The minimum atomic E-state index is -1.95. The Morgan fingerprint density at radius 2 is 0.731 bits per heavy atom. The van der Waals surface area contributed by atoms with Gasteiger partial charge in [0.2, 0.25) is 6.10 Å². The summed E-state index contributed by atoms with van der Waals surface area (Å²) in [6.45, 7) is -0.747. The van der Waals surface area contributed by atoms with Gasteiger partial charge in [0.1, 0.15) is 12.7 Å². The Hall–Kier alpha value is -7.06. The van der Waals surface area contributed by atoms with Gasteiger partial charge in [-0.1, -0.05) is 91.0 Å². The molecule has 0 amide bonds. The molecule has 0 heterocycles. The summed E-state index contributed by atoms with van der Waals surface area (Å²) in [5.41, 5.74) is 0.398. The molecule has 0 aliphatic heterocycles. The molecule has 5 aromatic carbocycles. The van der Waals surface area contributed by atoms with E-state index in [-0.39, 0.29) is 27.8 Å². The van der Waals surface area contributed by atoms with E-state index < -0.39 is 60.9 Å². The fraction of sp³-hybridized carbons (Fsp3) is 0.122. The number of carbonyl (C=O) groups excluding carboxylic acids is 5. The lowest BCUT2D eigenvalue weighted by Gasteiger charge is -2.34. The number of esters is 5. The third kappa shape index (κ3) is 9.77. The highest BCUT2D eigenvalue weighted by molar-refractivity contribution is 5.92. The normalized spacial score (nSPS) is 12.8. The summed E-state index contributed by atoms with van der Waals surface area (Å²) >= 11 is 0. The van der Waals surface area contributed by atoms with Crippen LogP contribution in [0.5, 0.6) is 0 Å². The van der Waals surface area contributed by atoms with Crippen LogP contribution in [-0.2, 0) is 23.7 Å². The van der Waals surface area contributed by atoms with Crippen molar-refractivity contribution < 1.29 is 47.7 Å². The maximum atomic E-state index is 13.7. The molecule has 0 saturated carbocycles. The molecule has 11 nitrogen and oxygen atoms in total. The SMILES string of the molecule is N#C[C@@H](OC(=O)c1ccccc1)[C@@H](OC(=O)c1ccccc1)[C@H](OC(=O)c1ccccc1)[C@@H](COC(=O)c1ccccc1)OC(=O)c1ccccc1. The van der Waals surface area contributed by atoms with Crippen LogP contribution in [0.2, 0.25) is 0 Å². The number of nitrogens with zero attached hydrogens (tertiary/aromatic N) is 1. The number of nitriles is 1. The highest BCUT2D eigenvalue weighted by Gasteiger charge is 2.46. The number of hydrogen-bond donors (Lipinski definition) is 0. The third-order valence-corrected chi connectivity index (χ3v) is 7.52. The number of rotatable bonds is 14. The van der Waals surface area contributed by atoms with Crippen molar-refractivity contribution in [1.29, 1.82) is 5.26 Å². The van der Waals surface area contributed by atoms with Crippen LogP contribution < -0.4 is 0 Å². The molecular formula is C41H31NO10. The van der Waals surface area contributed by atoms with Crippen LogP contribution in [-0.4, -0.2) is 60.9 Å². The molecule has 11 heteroatoms. The Kier molecular flexibility index (Phi) is 12.6. The molecular weight excluding hydrogens is 666 g/mol. The molecule has 0 N–H and O–H groups in total. The predicted molar refractivity (Wildman–Crippen MR) is 185 cm³/mol. The minimum absolute atomic E-state index is 0.0417. The highest BCUT2D eigenvalue weighted by atomic mass is 16.6. The van der Waals surface area contributed by atoms with Crippen molar-refractivity contribution in [2.75, 3.05) is 6.61 Å². The van der Waals surface area contributed by atoms with Crippen LogP contribution in [0.3, 0.4) is 0 Å². The smallest absolute Gasteiger partial charge is 0.339 e. The first-order chi connectivity index (χ1) is 25.3. The van der Waals surface area contributed by atoms with Crippen molar-refractivity contribution in [3.63, 3.8) is 0 Å². The predicted octanol–water partition coefficient (Wildman–Crippen LogP) is 6.27. The largest absolute Gasteiger partial charge is 0.458 e. The summed E-state index contributed by atoms with van der Waals surface area (Å²) in [6, 6.07) is 40.7. The first kappa shape index (κ1) is 36.2. The Balaban J connectivity index is 1.60. The van der Waals surface area contributed by atoms with E-state index in [0.29, 0.717) is 0 Å². The molecule has 0 aliphatic carbocycles. The average Bonchev–Trinajstić information content (AvgIpc) is 3.21. The maximum absolute atomic E-state index is 13.7. The fourth-order valence-corrected chi connectivity index (χ4v) is 4.90. The number of benzene rings is 5. The van der Waals surface area contributed by atoms with Crippen molar-refractivity contribution in [3.05, 3.63) is 179 Å². The quantitative estimate of drug-likeness (QED) is 0.0952. The zero-order valence-corrected chi connectivity index (χ0v) is 27.5. The maximum Gasteiger partial charge on any atom is 0.339 e. The van der Waals surface area contributed by atoms with Crippen LogP contribution in [0.15, 0.2) is 152 Å². The van der Waals surface area contributed by atoms with Gasteiger partial charge in [-0.2, -0.15) is 5.26 Å². The standard InChI is InChI=1S/C41H31NO10/c42-26-33(49-38(44)29-18-8-2-9-19-29)35(51-40(46)31-22-12-4-13-23-31)36(52-41(47)32-24-14-5-15-25-32)34(50-39(45)30-20-10-3-11-21-30)27-48-37(43)28-16-6-1-7-17-28/h1-25,33-36H,27H2/t33-,34-,35-,36-/m1/s1. The number of ether oxygens (including phenoxy) is 5. The molecule has 0 radical (unpaired) electrons. The van der Waals surface area contributed by atoms with Crippen molar-refractivity contribution in [2.24, 2.45) is 0 Å².